The number of benzene rings is 1. The SMILES string of the molecule is COc1ncccc1N(C)C(=O)c1ccc(-c2ccccc2F)s1. The maximum absolute atomic E-state index is 13.9. The zero-order chi connectivity index (χ0) is 17.1. The van der Waals surface area contributed by atoms with Crippen LogP contribution in [0.2, 0.25) is 0 Å². The third kappa shape index (κ3) is 3.00. The lowest BCUT2D eigenvalue weighted by Gasteiger charge is -2.18. The van der Waals surface area contributed by atoms with E-state index in [0.717, 1.165) is 0 Å². The quantitative estimate of drug-likeness (QED) is 0.712. The molecule has 24 heavy (non-hydrogen) atoms. The van der Waals surface area contributed by atoms with Gasteiger partial charge >= 0.3 is 0 Å². The van der Waals surface area contributed by atoms with Crippen molar-refractivity contribution in [3.63, 3.8) is 0 Å². The highest BCUT2D eigenvalue weighted by Crippen LogP contribution is 2.32. The molecule has 0 spiro atoms. The molecule has 3 aromatic rings. The number of halogens is 1. The molecule has 4 nitrogen and oxygen atoms in total. The van der Waals surface area contributed by atoms with E-state index in [-0.39, 0.29) is 11.7 Å². The molecule has 0 bridgehead atoms. The summed E-state index contributed by atoms with van der Waals surface area (Å²) < 4.78 is 19.1. The summed E-state index contributed by atoms with van der Waals surface area (Å²) >= 11 is 1.25. The van der Waals surface area contributed by atoms with Gasteiger partial charge in [0.25, 0.3) is 5.91 Å². The van der Waals surface area contributed by atoms with E-state index in [9.17, 15) is 9.18 Å². The van der Waals surface area contributed by atoms with Crippen LogP contribution in [0.5, 0.6) is 5.88 Å². The standard InChI is InChI=1S/C18H15FN2O2S/c1-21(14-8-5-11-20-17(14)23-2)18(22)16-10-9-15(24-16)12-6-3-4-7-13(12)19/h3-11H,1-2H3. The molecule has 6 heteroatoms. The van der Waals surface area contributed by atoms with Crippen LogP contribution in [0.3, 0.4) is 0 Å². The smallest absolute Gasteiger partial charge is 0.268 e. The Hall–Kier alpha value is -2.73. The number of rotatable bonds is 4. The minimum absolute atomic E-state index is 0.200. The van der Waals surface area contributed by atoms with Crippen molar-refractivity contribution < 1.29 is 13.9 Å². The number of carbonyl (C=O) groups is 1. The highest BCUT2D eigenvalue weighted by molar-refractivity contribution is 7.17. The topological polar surface area (TPSA) is 42.4 Å². The van der Waals surface area contributed by atoms with Gasteiger partial charge in [-0.2, -0.15) is 0 Å². The van der Waals surface area contributed by atoms with E-state index in [1.165, 1.54) is 29.4 Å². The van der Waals surface area contributed by atoms with E-state index in [0.29, 0.717) is 26.9 Å². The molecule has 2 heterocycles. The Morgan fingerprint density at radius 1 is 1.17 bits per heavy atom. The van der Waals surface area contributed by atoms with E-state index < -0.39 is 0 Å². The van der Waals surface area contributed by atoms with Gasteiger partial charge in [0.1, 0.15) is 11.5 Å². The van der Waals surface area contributed by atoms with Gasteiger partial charge in [-0.1, -0.05) is 18.2 Å². The third-order valence-electron chi connectivity index (χ3n) is 3.57. The van der Waals surface area contributed by atoms with Gasteiger partial charge in [0, 0.05) is 23.7 Å². The number of thiophene rings is 1. The molecule has 0 saturated carbocycles. The fourth-order valence-corrected chi connectivity index (χ4v) is 3.34. The molecule has 0 saturated heterocycles. The normalized spacial score (nSPS) is 10.5. The molecule has 0 aliphatic carbocycles. The Balaban J connectivity index is 1.90. The van der Waals surface area contributed by atoms with Crippen LogP contribution in [0.4, 0.5) is 10.1 Å². The van der Waals surface area contributed by atoms with Crippen molar-refractivity contribution in [2.24, 2.45) is 0 Å². The molecule has 0 fully saturated rings. The molecule has 0 aliphatic heterocycles. The van der Waals surface area contributed by atoms with Crippen LogP contribution in [0, 0.1) is 5.82 Å². The van der Waals surface area contributed by atoms with Crippen molar-refractivity contribution in [1.29, 1.82) is 0 Å². The van der Waals surface area contributed by atoms with Crippen molar-refractivity contribution in [2.45, 2.75) is 0 Å². The van der Waals surface area contributed by atoms with Crippen LogP contribution in [-0.2, 0) is 0 Å². The number of hydrogen-bond donors (Lipinski definition) is 0. The molecule has 0 aliphatic rings. The van der Waals surface area contributed by atoms with E-state index >= 15 is 0 Å². The van der Waals surface area contributed by atoms with Crippen molar-refractivity contribution in [3.05, 3.63) is 65.4 Å². The van der Waals surface area contributed by atoms with Crippen LogP contribution in [0.1, 0.15) is 9.67 Å². The minimum atomic E-state index is -0.305. The maximum atomic E-state index is 13.9. The fourth-order valence-electron chi connectivity index (χ4n) is 2.33. The molecule has 0 N–H and O–H groups in total. The van der Waals surface area contributed by atoms with Crippen LogP contribution in [0.25, 0.3) is 10.4 Å². The third-order valence-corrected chi connectivity index (χ3v) is 4.67. The number of amides is 1. The van der Waals surface area contributed by atoms with Gasteiger partial charge in [-0.05, 0) is 30.3 Å². The molecule has 1 amide bonds. The van der Waals surface area contributed by atoms with E-state index in [4.69, 9.17) is 4.74 Å². The first kappa shape index (κ1) is 16.1. The summed E-state index contributed by atoms with van der Waals surface area (Å²) in [5, 5.41) is 0. The van der Waals surface area contributed by atoms with Crippen molar-refractivity contribution in [1.82, 2.24) is 4.98 Å². The second kappa shape index (κ2) is 6.80. The Morgan fingerprint density at radius 2 is 1.96 bits per heavy atom. The molecule has 3 rings (SSSR count). The highest BCUT2D eigenvalue weighted by atomic mass is 32.1. The average molecular weight is 342 g/mol. The van der Waals surface area contributed by atoms with Gasteiger partial charge in [-0.15, -0.1) is 11.3 Å². The molecule has 122 valence electrons. The average Bonchev–Trinajstić information content (AvgIpc) is 3.10. The van der Waals surface area contributed by atoms with Gasteiger partial charge < -0.3 is 9.64 Å². The molecule has 1 aromatic carbocycles. The first-order valence-electron chi connectivity index (χ1n) is 7.23. The van der Waals surface area contributed by atoms with Gasteiger partial charge in [-0.3, -0.25) is 4.79 Å². The number of methoxy groups -OCH3 is 1. The monoisotopic (exact) mass is 342 g/mol. The summed E-state index contributed by atoms with van der Waals surface area (Å²) in [6.07, 6.45) is 1.60. The predicted molar refractivity (Wildman–Crippen MR) is 93.2 cm³/mol. The second-order valence-electron chi connectivity index (χ2n) is 5.04. The van der Waals surface area contributed by atoms with Gasteiger partial charge in [0.2, 0.25) is 5.88 Å². The number of ether oxygens (including phenoxy) is 1. The number of pyridine rings is 1. The van der Waals surface area contributed by atoms with E-state index in [1.807, 2.05) is 0 Å². The Labute approximate surface area is 143 Å². The Bertz CT molecular complexity index is 879. The lowest BCUT2D eigenvalue weighted by atomic mass is 10.2. The lowest BCUT2D eigenvalue weighted by Crippen LogP contribution is -2.26. The number of carbonyl (C=O) groups excluding carboxylic acids is 1. The number of anilines is 1. The second-order valence-corrected chi connectivity index (χ2v) is 6.12. The van der Waals surface area contributed by atoms with Crippen LogP contribution in [0.15, 0.2) is 54.7 Å². The summed E-state index contributed by atoms with van der Waals surface area (Å²) in [5.41, 5.74) is 1.06. The van der Waals surface area contributed by atoms with Gasteiger partial charge in [0.05, 0.1) is 12.0 Å². The predicted octanol–water partition coefficient (Wildman–Crippen LogP) is 4.23. The maximum Gasteiger partial charge on any atom is 0.268 e. The zero-order valence-corrected chi connectivity index (χ0v) is 14.0. The Kier molecular flexibility index (Phi) is 4.57. The van der Waals surface area contributed by atoms with Crippen LogP contribution in [-0.4, -0.2) is 25.0 Å². The summed E-state index contributed by atoms with van der Waals surface area (Å²) in [5.74, 6) is -0.131. The Morgan fingerprint density at radius 3 is 2.71 bits per heavy atom. The van der Waals surface area contributed by atoms with Crippen molar-refractivity contribution >= 4 is 22.9 Å². The summed E-state index contributed by atoms with van der Waals surface area (Å²) in [6, 6.07) is 13.5. The first-order chi connectivity index (χ1) is 11.6. The molecular weight excluding hydrogens is 327 g/mol. The van der Waals surface area contributed by atoms with E-state index in [2.05, 4.69) is 4.98 Å². The molecule has 0 radical (unpaired) electrons. The molecule has 0 atom stereocenters. The molecular formula is C18H15FN2O2S. The first-order valence-corrected chi connectivity index (χ1v) is 8.05. The minimum Gasteiger partial charge on any atom is -0.480 e. The van der Waals surface area contributed by atoms with Gasteiger partial charge in [-0.25, -0.2) is 9.37 Å². The number of nitrogens with zero attached hydrogens (tertiary/aromatic N) is 2. The number of hydrogen-bond acceptors (Lipinski definition) is 4. The van der Waals surface area contributed by atoms with Gasteiger partial charge in [0.15, 0.2) is 0 Å². The summed E-state index contributed by atoms with van der Waals surface area (Å²) in [4.78, 5) is 19.5. The highest BCUT2D eigenvalue weighted by Gasteiger charge is 2.20. The van der Waals surface area contributed by atoms with Crippen LogP contribution < -0.4 is 9.64 Å². The number of aromatic nitrogens is 1. The van der Waals surface area contributed by atoms with Crippen molar-refractivity contribution in [3.8, 4) is 16.3 Å². The summed E-state index contributed by atoms with van der Waals surface area (Å²) in [6.45, 7) is 0. The molecule has 0 unspecified atom stereocenters. The lowest BCUT2D eigenvalue weighted by molar-refractivity contribution is 0.0996. The summed E-state index contributed by atoms with van der Waals surface area (Å²) in [7, 11) is 3.16. The molecule has 2 aromatic heterocycles. The van der Waals surface area contributed by atoms with E-state index in [1.54, 1.807) is 55.7 Å². The zero-order valence-electron chi connectivity index (χ0n) is 13.2. The van der Waals surface area contributed by atoms with Crippen molar-refractivity contribution in [2.75, 3.05) is 19.1 Å². The fraction of sp³-hybridized carbons (Fsp3) is 0.111. The largest absolute Gasteiger partial charge is 0.480 e. The van der Waals surface area contributed by atoms with Crippen LogP contribution >= 0.6 is 11.3 Å².